The van der Waals surface area contributed by atoms with Crippen molar-refractivity contribution >= 4 is 0 Å². The van der Waals surface area contributed by atoms with Crippen molar-refractivity contribution in [3.05, 3.63) is 0 Å². The van der Waals surface area contributed by atoms with E-state index in [1.165, 1.54) is 32.1 Å². The lowest BCUT2D eigenvalue weighted by atomic mass is 10.1. The summed E-state index contributed by atoms with van der Waals surface area (Å²) in [6, 6.07) is 1.10. The third-order valence-electron chi connectivity index (χ3n) is 3.72. The molecule has 1 N–H and O–H groups in total. The molecule has 0 radical (unpaired) electrons. The van der Waals surface area contributed by atoms with Crippen molar-refractivity contribution in [1.82, 2.24) is 5.32 Å². The van der Waals surface area contributed by atoms with E-state index in [2.05, 4.69) is 5.32 Å². The molecule has 0 aliphatic heterocycles. The summed E-state index contributed by atoms with van der Waals surface area (Å²) in [6.07, 6.45) is 6.91. The summed E-state index contributed by atoms with van der Waals surface area (Å²) in [5.41, 5.74) is 0. The molecule has 0 heterocycles. The van der Waals surface area contributed by atoms with Crippen molar-refractivity contribution in [2.24, 2.45) is 5.92 Å². The summed E-state index contributed by atoms with van der Waals surface area (Å²) in [5, 5.41) is 3.73. The lowest BCUT2D eigenvalue weighted by molar-refractivity contribution is 0.0709. The van der Waals surface area contributed by atoms with Crippen LogP contribution < -0.4 is 5.32 Å². The van der Waals surface area contributed by atoms with Crippen LogP contribution in [-0.2, 0) is 9.47 Å². The molecule has 3 atom stereocenters. The number of ether oxygens (including phenoxy) is 2. The van der Waals surface area contributed by atoms with E-state index >= 15 is 0 Å². The zero-order valence-corrected chi connectivity index (χ0v) is 9.87. The second-order valence-electron chi connectivity index (χ2n) is 4.88. The normalized spacial score (nSPS) is 33.2. The summed E-state index contributed by atoms with van der Waals surface area (Å²) in [4.78, 5) is 0. The van der Waals surface area contributed by atoms with Crippen molar-refractivity contribution in [3.63, 3.8) is 0 Å². The summed E-state index contributed by atoms with van der Waals surface area (Å²) in [5.74, 6) is 0.850. The first kappa shape index (κ1) is 11.4. The highest BCUT2D eigenvalue weighted by atomic mass is 16.5. The smallest absolute Gasteiger partial charge is 0.0724 e. The fourth-order valence-electron chi connectivity index (χ4n) is 2.67. The minimum atomic E-state index is 0.420. The molecule has 2 rings (SSSR count). The molecule has 0 saturated heterocycles. The third kappa shape index (κ3) is 2.92. The second kappa shape index (κ2) is 5.28. The lowest BCUT2D eigenvalue weighted by Crippen LogP contribution is -2.46. The molecule has 0 amide bonds. The van der Waals surface area contributed by atoms with Gasteiger partial charge in [0.25, 0.3) is 0 Å². The van der Waals surface area contributed by atoms with E-state index < -0.39 is 0 Å². The van der Waals surface area contributed by atoms with Gasteiger partial charge in [-0.2, -0.15) is 0 Å². The molecule has 3 heteroatoms. The van der Waals surface area contributed by atoms with Crippen molar-refractivity contribution in [1.29, 1.82) is 0 Å². The average molecular weight is 213 g/mol. The van der Waals surface area contributed by atoms with E-state index in [0.29, 0.717) is 18.2 Å². The van der Waals surface area contributed by atoms with Gasteiger partial charge in [-0.15, -0.1) is 0 Å². The zero-order valence-electron chi connectivity index (χ0n) is 9.87. The molecular weight excluding hydrogens is 190 g/mol. The maximum absolute atomic E-state index is 5.50. The van der Waals surface area contributed by atoms with E-state index in [1.54, 1.807) is 7.11 Å². The fourth-order valence-corrected chi connectivity index (χ4v) is 2.67. The Morgan fingerprint density at radius 1 is 1.20 bits per heavy atom. The minimum absolute atomic E-state index is 0.420. The van der Waals surface area contributed by atoms with Crippen molar-refractivity contribution in [2.75, 3.05) is 20.8 Å². The maximum atomic E-state index is 5.50. The molecule has 0 spiro atoms. The van der Waals surface area contributed by atoms with Crippen molar-refractivity contribution in [3.8, 4) is 0 Å². The van der Waals surface area contributed by atoms with Gasteiger partial charge in [-0.1, -0.05) is 0 Å². The molecular formula is C12H23NO2. The Kier molecular flexibility index (Phi) is 4.00. The second-order valence-corrected chi connectivity index (χ2v) is 4.88. The van der Waals surface area contributed by atoms with Gasteiger partial charge >= 0.3 is 0 Å². The first-order valence-electron chi connectivity index (χ1n) is 6.13. The molecule has 0 aromatic heterocycles. The Bertz CT molecular complexity index is 194. The maximum Gasteiger partial charge on any atom is 0.0724 e. The molecule has 2 aliphatic carbocycles. The van der Waals surface area contributed by atoms with Crippen LogP contribution in [0.3, 0.4) is 0 Å². The average Bonchev–Trinajstić information content (AvgIpc) is 2.99. The number of nitrogens with one attached hydrogen (secondary N) is 1. The highest BCUT2D eigenvalue weighted by Crippen LogP contribution is 2.34. The van der Waals surface area contributed by atoms with Gasteiger partial charge in [0.2, 0.25) is 0 Å². The van der Waals surface area contributed by atoms with E-state index in [4.69, 9.17) is 9.47 Å². The quantitative estimate of drug-likeness (QED) is 0.726. The summed E-state index contributed by atoms with van der Waals surface area (Å²) >= 11 is 0. The van der Waals surface area contributed by atoms with E-state index in [0.717, 1.165) is 12.5 Å². The van der Waals surface area contributed by atoms with Crippen LogP contribution in [-0.4, -0.2) is 39.0 Å². The van der Waals surface area contributed by atoms with Gasteiger partial charge in [0, 0.05) is 26.3 Å². The molecule has 0 aromatic rings. The van der Waals surface area contributed by atoms with Crippen LogP contribution in [0.2, 0.25) is 0 Å². The molecule has 2 aliphatic rings. The Morgan fingerprint density at radius 3 is 2.60 bits per heavy atom. The van der Waals surface area contributed by atoms with Gasteiger partial charge in [-0.25, -0.2) is 0 Å². The van der Waals surface area contributed by atoms with Gasteiger partial charge in [0.15, 0.2) is 0 Å². The van der Waals surface area contributed by atoms with Crippen molar-refractivity contribution < 1.29 is 9.47 Å². The minimum Gasteiger partial charge on any atom is -0.383 e. The zero-order chi connectivity index (χ0) is 10.7. The molecule has 0 aromatic carbocycles. The predicted molar refractivity (Wildman–Crippen MR) is 60.0 cm³/mol. The number of rotatable bonds is 6. The number of hydrogen-bond acceptors (Lipinski definition) is 3. The van der Waals surface area contributed by atoms with E-state index in [1.807, 2.05) is 7.11 Å². The first-order chi connectivity index (χ1) is 7.35. The monoisotopic (exact) mass is 213 g/mol. The first-order valence-corrected chi connectivity index (χ1v) is 6.13. The largest absolute Gasteiger partial charge is 0.383 e. The highest BCUT2D eigenvalue weighted by molar-refractivity contribution is 4.92. The van der Waals surface area contributed by atoms with Gasteiger partial charge in [-0.3, -0.25) is 0 Å². The Balaban J connectivity index is 1.81. The predicted octanol–water partition coefficient (Wildman–Crippen LogP) is 1.57. The van der Waals surface area contributed by atoms with Crippen LogP contribution in [0, 0.1) is 5.92 Å². The van der Waals surface area contributed by atoms with Gasteiger partial charge < -0.3 is 14.8 Å². The standard InChI is InChI=1S/C12H23NO2/c1-14-8-11(9-6-7-9)13-10-4-3-5-12(10)15-2/h9-13H,3-8H2,1-2H3. The molecule has 3 nitrogen and oxygen atoms in total. The SMILES string of the molecule is COCC(NC1CCCC1OC)C1CC1. The van der Waals surface area contributed by atoms with Gasteiger partial charge in [0.05, 0.1) is 12.7 Å². The van der Waals surface area contributed by atoms with Crippen molar-refractivity contribution in [2.45, 2.75) is 50.3 Å². The molecule has 2 saturated carbocycles. The van der Waals surface area contributed by atoms with Crippen LogP contribution in [0.4, 0.5) is 0 Å². The van der Waals surface area contributed by atoms with Gasteiger partial charge in [0.1, 0.15) is 0 Å². The highest BCUT2D eigenvalue weighted by Gasteiger charge is 2.35. The molecule has 2 fully saturated rings. The Morgan fingerprint density at radius 2 is 2.00 bits per heavy atom. The van der Waals surface area contributed by atoms with E-state index in [-0.39, 0.29) is 0 Å². The molecule has 3 unspecified atom stereocenters. The molecule has 88 valence electrons. The van der Waals surface area contributed by atoms with Crippen LogP contribution in [0.1, 0.15) is 32.1 Å². The summed E-state index contributed by atoms with van der Waals surface area (Å²) < 4.78 is 10.8. The van der Waals surface area contributed by atoms with Crippen LogP contribution in [0.25, 0.3) is 0 Å². The number of hydrogen-bond donors (Lipinski definition) is 1. The third-order valence-corrected chi connectivity index (χ3v) is 3.72. The van der Waals surface area contributed by atoms with Crippen LogP contribution in [0.15, 0.2) is 0 Å². The van der Waals surface area contributed by atoms with Crippen LogP contribution >= 0.6 is 0 Å². The molecule has 0 bridgehead atoms. The van der Waals surface area contributed by atoms with Crippen LogP contribution in [0.5, 0.6) is 0 Å². The topological polar surface area (TPSA) is 30.5 Å². The number of methoxy groups -OCH3 is 2. The molecule has 15 heavy (non-hydrogen) atoms. The lowest BCUT2D eigenvalue weighted by Gasteiger charge is -2.26. The van der Waals surface area contributed by atoms with E-state index in [9.17, 15) is 0 Å². The van der Waals surface area contributed by atoms with Gasteiger partial charge in [-0.05, 0) is 38.0 Å². The summed E-state index contributed by atoms with van der Waals surface area (Å²) in [7, 11) is 3.62. The fraction of sp³-hybridized carbons (Fsp3) is 1.00. The Hall–Kier alpha value is -0.120. The summed E-state index contributed by atoms with van der Waals surface area (Å²) in [6.45, 7) is 0.845. The Labute approximate surface area is 92.5 Å².